The maximum atomic E-state index is 13.4. The van der Waals surface area contributed by atoms with E-state index in [4.69, 9.17) is 4.42 Å². The molecule has 1 N–H and O–H groups in total. The van der Waals surface area contributed by atoms with Crippen LogP contribution < -0.4 is 5.32 Å². The first-order valence-electron chi connectivity index (χ1n) is 10.7. The second kappa shape index (κ2) is 8.66. The van der Waals surface area contributed by atoms with E-state index in [1.807, 2.05) is 35.2 Å². The van der Waals surface area contributed by atoms with Crippen molar-refractivity contribution in [2.75, 3.05) is 26.2 Å². The highest BCUT2D eigenvalue weighted by atomic mass is 32.1. The third-order valence-electron chi connectivity index (χ3n) is 6.24. The fourth-order valence-corrected chi connectivity index (χ4v) is 5.66. The Hall–Kier alpha value is -2.57. The van der Waals surface area contributed by atoms with Crippen molar-refractivity contribution in [3.8, 4) is 0 Å². The van der Waals surface area contributed by atoms with Crippen molar-refractivity contribution < 1.29 is 9.21 Å². The van der Waals surface area contributed by atoms with Crippen LogP contribution in [0.2, 0.25) is 0 Å². The van der Waals surface area contributed by atoms with E-state index in [-0.39, 0.29) is 18.1 Å². The summed E-state index contributed by atoms with van der Waals surface area (Å²) in [5.41, 5.74) is 2.42. The van der Waals surface area contributed by atoms with Gasteiger partial charge in [0.25, 0.3) is 0 Å². The summed E-state index contributed by atoms with van der Waals surface area (Å²) < 4.78 is 5.71. The Kier molecular flexibility index (Phi) is 5.60. The number of carbonyl (C=O) groups is 1. The Balaban J connectivity index is 1.35. The molecule has 4 heterocycles. The Labute approximate surface area is 181 Å². The van der Waals surface area contributed by atoms with Gasteiger partial charge >= 0.3 is 6.03 Å². The van der Waals surface area contributed by atoms with Crippen LogP contribution in [-0.4, -0.2) is 42.0 Å². The van der Waals surface area contributed by atoms with Gasteiger partial charge in [-0.3, -0.25) is 4.90 Å². The first kappa shape index (κ1) is 19.4. The van der Waals surface area contributed by atoms with Crippen LogP contribution in [0.5, 0.6) is 0 Å². The van der Waals surface area contributed by atoms with E-state index in [0.29, 0.717) is 6.54 Å². The van der Waals surface area contributed by atoms with Crippen LogP contribution in [0.25, 0.3) is 0 Å². The van der Waals surface area contributed by atoms with Gasteiger partial charge in [0.2, 0.25) is 0 Å². The number of urea groups is 1. The number of fused-ring (bicyclic) bond motifs is 1. The van der Waals surface area contributed by atoms with Crippen molar-refractivity contribution in [3.05, 3.63) is 81.9 Å². The molecule has 0 unspecified atom stereocenters. The Morgan fingerprint density at radius 3 is 2.70 bits per heavy atom. The summed E-state index contributed by atoms with van der Waals surface area (Å²) in [5, 5.41) is 5.37. The largest absolute Gasteiger partial charge is 0.468 e. The second-order valence-electron chi connectivity index (χ2n) is 8.02. The summed E-state index contributed by atoms with van der Waals surface area (Å²) in [5.74, 6) is 0.926. The lowest BCUT2D eigenvalue weighted by Crippen LogP contribution is -2.47. The van der Waals surface area contributed by atoms with Crippen LogP contribution >= 0.6 is 11.3 Å². The molecule has 0 spiro atoms. The molecule has 30 heavy (non-hydrogen) atoms. The van der Waals surface area contributed by atoms with E-state index in [1.165, 1.54) is 23.3 Å². The molecule has 6 heteroatoms. The van der Waals surface area contributed by atoms with Crippen molar-refractivity contribution in [1.29, 1.82) is 0 Å². The van der Waals surface area contributed by atoms with E-state index >= 15 is 0 Å². The van der Waals surface area contributed by atoms with Gasteiger partial charge in [0.1, 0.15) is 5.76 Å². The minimum atomic E-state index is -0.0324. The molecular weight excluding hydrogens is 394 g/mol. The Morgan fingerprint density at radius 2 is 1.93 bits per heavy atom. The van der Waals surface area contributed by atoms with Gasteiger partial charge in [-0.15, -0.1) is 11.3 Å². The van der Waals surface area contributed by atoms with Gasteiger partial charge in [-0.1, -0.05) is 30.3 Å². The zero-order chi connectivity index (χ0) is 20.3. The molecule has 0 radical (unpaired) electrons. The molecule has 0 bridgehead atoms. The van der Waals surface area contributed by atoms with Gasteiger partial charge in [-0.05, 0) is 67.1 Å². The normalized spacial score (nSPS) is 20.1. The van der Waals surface area contributed by atoms with Gasteiger partial charge in [0.05, 0.1) is 18.3 Å². The van der Waals surface area contributed by atoms with Crippen molar-refractivity contribution in [3.63, 3.8) is 0 Å². The molecule has 1 aromatic carbocycles. The molecule has 2 aliphatic rings. The number of nitrogens with one attached hydrogen (secondary N) is 1. The van der Waals surface area contributed by atoms with Gasteiger partial charge < -0.3 is 14.6 Å². The highest BCUT2D eigenvalue weighted by molar-refractivity contribution is 7.10. The molecule has 156 valence electrons. The number of rotatable bonds is 5. The number of nitrogens with zero attached hydrogens (tertiary/aromatic N) is 2. The molecular formula is C24H27N3O2S. The lowest BCUT2D eigenvalue weighted by molar-refractivity contribution is 0.169. The number of hydrogen-bond donors (Lipinski definition) is 1. The zero-order valence-electron chi connectivity index (χ0n) is 17.0. The third-order valence-corrected chi connectivity index (χ3v) is 7.24. The zero-order valence-corrected chi connectivity index (χ0v) is 17.8. The summed E-state index contributed by atoms with van der Waals surface area (Å²) >= 11 is 1.79. The lowest BCUT2D eigenvalue weighted by Gasteiger charge is -2.37. The average Bonchev–Trinajstić information content (AvgIpc) is 3.56. The Morgan fingerprint density at radius 1 is 1.10 bits per heavy atom. The minimum Gasteiger partial charge on any atom is -0.468 e. The molecule has 5 nitrogen and oxygen atoms in total. The van der Waals surface area contributed by atoms with E-state index < -0.39 is 0 Å². The first-order chi connectivity index (χ1) is 14.8. The summed E-state index contributed by atoms with van der Waals surface area (Å²) in [6.45, 7) is 3.39. The van der Waals surface area contributed by atoms with Gasteiger partial charge in [0, 0.05) is 18.0 Å². The fraction of sp³-hybridized carbons (Fsp3) is 0.375. The number of carbonyl (C=O) groups excluding carboxylic acids is 1. The van der Waals surface area contributed by atoms with Crippen LogP contribution in [0, 0.1) is 0 Å². The monoisotopic (exact) mass is 421 g/mol. The number of hydrogen-bond acceptors (Lipinski definition) is 4. The molecule has 2 amide bonds. The van der Waals surface area contributed by atoms with Crippen LogP contribution in [0.4, 0.5) is 4.79 Å². The van der Waals surface area contributed by atoms with E-state index in [2.05, 4.69) is 33.8 Å². The van der Waals surface area contributed by atoms with Crippen LogP contribution in [0.3, 0.4) is 0 Å². The predicted molar refractivity (Wildman–Crippen MR) is 119 cm³/mol. The smallest absolute Gasteiger partial charge is 0.318 e. The summed E-state index contributed by atoms with van der Waals surface area (Å²) in [6, 6.07) is 16.5. The maximum absolute atomic E-state index is 13.4. The van der Waals surface area contributed by atoms with Crippen LogP contribution in [0.1, 0.15) is 46.7 Å². The van der Waals surface area contributed by atoms with E-state index in [9.17, 15) is 4.79 Å². The standard InChI is InChI=1S/C24H27N3O2S/c28-24(25-17-20(21-9-6-15-29-21)26-12-4-5-13-26)27-14-10-22-19(11-16-30-22)23(27)18-7-2-1-3-8-18/h1-3,6-9,11,15-16,20,23H,4-5,10,12-14,17H2,(H,25,28)/t20-,23+/m0/s1. The number of furan rings is 1. The average molecular weight is 422 g/mol. The third kappa shape index (κ3) is 3.77. The van der Waals surface area contributed by atoms with Gasteiger partial charge in [-0.25, -0.2) is 4.79 Å². The molecule has 1 saturated heterocycles. The van der Waals surface area contributed by atoms with Crippen molar-refractivity contribution in [1.82, 2.24) is 15.1 Å². The molecule has 5 rings (SSSR count). The van der Waals surface area contributed by atoms with Gasteiger partial charge in [-0.2, -0.15) is 0 Å². The number of benzene rings is 1. The fourth-order valence-electron chi connectivity index (χ4n) is 4.76. The van der Waals surface area contributed by atoms with Crippen LogP contribution in [0.15, 0.2) is 64.6 Å². The quantitative estimate of drug-likeness (QED) is 0.642. The second-order valence-corrected chi connectivity index (χ2v) is 9.02. The van der Waals surface area contributed by atoms with E-state index in [0.717, 1.165) is 37.4 Å². The SMILES string of the molecule is O=C(NC[C@@H](c1ccco1)N1CCCC1)N1CCc2sccc2[C@H]1c1ccccc1. The minimum absolute atomic E-state index is 0.00328. The molecule has 1 fully saturated rings. The number of thiophene rings is 1. The highest BCUT2D eigenvalue weighted by Crippen LogP contribution is 2.37. The van der Waals surface area contributed by atoms with Crippen molar-refractivity contribution >= 4 is 17.4 Å². The van der Waals surface area contributed by atoms with Crippen molar-refractivity contribution in [2.45, 2.75) is 31.3 Å². The summed E-state index contributed by atoms with van der Waals surface area (Å²) in [6.07, 6.45) is 5.04. The molecule has 2 atom stereocenters. The predicted octanol–water partition coefficient (Wildman–Crippen LogP) is 4.84. The molecule has 0 aliphatic carbocycles. The topological polar surface area (TPSA) is 48.7 Å². The Bertz CT molecular complexity index is 964. The number of amides is 2. The molecule has 0 saturated carbocycles. The molecule has 2 aliphatic heterocycles. The lowest BCUT2D eigenvalue weighted by atomic mass is 9.93. The molecule has 3 aromatic rings. The highest BCUT2D eigenvalue weighted by Gasteiger charge is 2.33. The van der Waals surface area contributed by atoms with Crippen LogP contribution in [-0.2, 0) is 6.42 Å². The van der Waals surface area contributed by atoms with Crippen molar-refractivity contribution in [2.24, 2.45) is 0 Å². The number of likely N-dealkylation sites (tertiary alicyclic amines) is 1. The maximum Gasteiger partial charge on any atom is 0.318 e. The first-order valence-corrected chi connectivity index (χ1v) is 11.6. The summed E-state index contributed by atoms with van der Waals surface area (Å²) in [7, 11) is 0. The van der Waals surface area contributed by atoms with E-state index in [1.54, 1.807) is 17.6 Å². The molecule has 2 aromatic heterocycles. The van der Waals surface area contributed by atoms with Gasteiger partial charge in [0.15, 0.2) is 0 Å². The summed E-state index contributed by atoms with van der Waals surface area (Å²) in [4.78, 5) is 19.2.